The summed E-state index contributed by atoms with van der Waals surface area (Å²) in [5, 5.41) is 29.3. The SMILES string of the molecule is CCCCC(C)[C@H](O)/C=C/[C@@H]1[C@@H](C/C=C\CCCC(=O)O)[C@H](Br)C[C@H]1O. The number of unbranched alkanes of at least 4 members (excludes halogenated alkanes) is 2. The topological polar surface area (TPSA) is 77.8 Å². The molecule has 1 aliphatic carbocycles. The van der Waals surface area contributed by atoms with Gasteiger partial charge in [0, 0.05) is 17.2 Å². The molecule has 0 saturated heterocycles. The average molecular weight is 431 g/mol. The number of carboxylic acid groups (broad SMARTS) is 1. The van der Waals surface area contributed by atoms with Gasteiger partial charge in [-0.3, -0.25) is 4.79 Å². The summed E-state index contributed by atoms with van der Waals surface area (Å²) in [6.45, 7) is 4.22. The Kier molecular flexibility index (Phi) is 11.4. The van der Waals surface area contributed by atoms with Gasteiger partial charge in [-0.1, -0.05) is 66.9 Å². The highest BCUT2D eigenvalue weighted by Crippen LogP contribution is 2.40. The van der Waals surface area contributed by atoms with Gasteiger partial charge in [-0.15, -0.1) is 0 Å². The molecule has 0 aromatic rings. The van der Waals surface area contributed by atoms with Crippen LogP contribution in [0.4, 0.5) is 0 Å². The Morgan fingerprint density at radius 2 is 2.04 bits per heavy atom. The third-order valence-corrected chi connectivity index (χ3v) is 6.39. The zero-order valence-corrected chi connectivity index (χ0v) is 17.6. The Hall–Kier alpha value is -0.650. The smallest absolute Gasteiger partial charge is 0.303 e. The summed E-state index contributed by atoms with van der Waals surface area (Å²) in [5.41, 5.74) is 0. The van der Waals surface area contributed by atoms with E-state index in [2.05, 4.69) is 35.9 Å². The van der Waals surface area contributed by atoms with Crippen LogP contribution in [-0.2, 0) is 4.79 Å². The first-order chi connectivity index (χ1) is 12.4. The maximum Gasteiger partial charge on any atom is 0.303 e. The van der Waals surface area contributed by atoms with E-state index in [4.69, 9.17) is 5.11 Å². The molecule has 0 amide bonds. The summed E-state index contributed by atoms with van der Waals surface area (Å²) in [6.07, 6.45) is 13.6. The van der Waals surface area contributed by atoms with Crippen LogP contribution in [0.5, 0.6) is 0 Å². The van der Waals surface area contributed by atoms with Crippen molar-refractivity contribution in [2.75, 3.05) is 0 Å². The summed E-state index contributed by atoms with van der Waals surface area (Å²) in [7, 11) is 0. The second-order valence-electron chi connectivity index (χ2n) is 7.55. The lowest BCUT2D eigenvalue weighted by molar-refractivity contribution is -0.137. The molecule has 1 rings (SSSR count). The van der Waals surface area contributed by atoms with Crippen molar-refractivity contribution in [1.82, 2.24) is 0 Å². The van der Waals surface area contributed by atoms with Gasteiger partial charge in [0.25, 0.3) is 0 Å². The molecule has 0 spiro atoms. The molecule has 0 aliphatic heterocycles. The Balaban J connectivity index is 2.54. The van der Waals surface area contributed by atoms with E-state index in [1.807, 2.05) is 18.2 Å². The minimum atomic E-state index is -0.755. The maximum absolute atomic E-state index is 10.5. The van der Waals surface area contributed by atoms with Crippen LogP contribution >= 0.6 is 15.9 Å². The van der Waals surface area contributed by atoms with Crippen molar-refractivity contribution in [3.05, 3.63) is 24.3 Å². The summed E-state index contributed by atoms with van der Waals surface area (Å²) in [5.74, 6) is -0.196. The molecule has 5 heteroatoms. The number of carbonyl (C=O) groups is 1. The van der Waals surface area contributed by atoms with Crippen molar-refractivity contribution in [2.45, 2.75) is 82.2 Å². The Labute approximate surface area is 166 Å². The zero-order chi connectivity index (χ0) is 19.5. The zero-order valence-electron chi connectivity index (χ0n) is 16.1. The minimum absolute atomic E-state index is 0.0380. The fourth-order valence-electron chi connectivity index (χ4n) is 3.54. The molecule has 1 aliphatic rings. The second-order valence-corrected chi connectivity index (χ2v) is 8.72. The number of aliphatic hydroxyl groups excluding tert-OH is 2. The van der Waals surface area contributed by atoms with Gasteiger partial charge >= 0.3 is 5.97 Å². The number of allylic oxidation sites excluding steroid dienone is 2. The Morgan fingerprint density at radius 3 is 2.69 bits per heavy atom. The molecule has 1 saturated carbocycles. The van der Waals surface area contributed by atoms with Crippen molar-refractivity contribution in [1.29, 1.82) is 0 Å². The highest BCUT2D eigenvalue weighted by Gasteiger charge is 2.39. The minimum Gasteiger partial charge on any atom is -0.481 e. The lowest BCUT2D eigenvalue weighted by Gasteiger charge is -2.21. The average Bonchev–Trinajstić information content (AvgIpc) is 2.86. The molecule has 26 heavy (non-hydrogen) atoms. The van der Waals surface area contributed by atoms with Crippen molar-refractivity contribution < 1.29 is 20.1 Å². The largest absolute Gasteiger partial charge is 0.481 e. The van der Waals surface area contributed by atoms with Crippen LogP contribution in [0.25, 0.3) is 0 Å². The number of rotatable bonds is 12. The van der Waals surface area contributed by atoms with E-state index in [1.54, 1.807) is 0 Å². The van der Waals surface area contributed by atoms with Crippen LogP contribution in [0.15, 0.2) is 24.3 Å². The van der Waals surface area contributed by atoms with E-state index in [-0.39, 0.29) is 35.1 Å². The van der Waals surface area contributed by atoms with Gasteiger partial charge in [-0.25, -0.2) is 0 Å². The van der Waals surface area contributed by atoms with Gasteiger partial charge in [0.15, 0.2) is 0 Å². The number of hydrogen-bond donors (Lipinski definition) is 3. The monoisotopic (exact) mass is 430 g/mol. The Bertz CT molecular complexity index is 463. The van der Waals surface area contributed by atoms with Crippen molar-refractivity contribution in [3.63, 3.8) is 0 Å². The summed E-state index contributed by atoms with van der Waals surface area (Å²) >= 11 is 3.69. The van der Waals surface area contributed by atoms with Crippen molar-refractivity contribution >= 4 is 21.9 Å². The molecule has 4 nitrogen and oxygen atoms in total. The fraction of sp³-hybridized carbons (Fsp3) is 0.762. The summed E-state index contributed by atoms with van der Waals surface area (Å²) in [4.78, 5) is 10.8. The van der Waals surface area contributed by atoms with Crippen LogP contribution < -0.4 is 0 Å². The number of alkyl halides is 1. The van der Waals surface area contributed by atoms with Crippen molar-refractivity contribution in [2.24, 2.45) is 17.8 Å². The first-order valence-electron chi connectivity index (χ1n) is 9.92. The third kappa shape index (κ3) is 8.36. The normalized spacial score (nSPS) is 28.8. The van der Waals surface area contributed by atoms with E-state index in [0.29, 0.717) is 12.8 Å². The number of aliphatic carboxylic acids is 1. The summed E-state index contributed by atoms with van der Waals surface area (Å²) in [6, 6.07) is 0. The lowest BCUT2D eigenvalue weighted by Crippen LogP contribution is -2.20. The van der Waals surface area contributed by atoms with E-state index in [0.717, 1.165) is 32.1 Å². The standard InChI is InChI=1S/C21H35BrO4/c1-3-4-9-15(2)19(23)13-12-17-16(18(22)14-20(17)24)10-7-5-6-8-11-21(25)26/h5,7,12-13,15-20,23-24H,3-4,6,8-11,14H2,1-2H3,(H,25,26)/b7-5-,13-12+/t15?,16-,17-,18-,19-,20-/m1/s1. The third-order valence-electron chi connectivity index (χ3n) is 5.33. The molecule has 3 N–H and O–H groups in total. The molecular formula is C21H35BrO4. The number of hydrogen-bond acceptors (Lipinski definition) is 3. The van der Waals surface area contributed by atoms with Crippen LogP contribution in [-0.4, -0.2) is 38.3 Å². The van der Waals surface area contributed by atoms with E-state index >= 15 is 0 Å². The summed E-state index contributed by atoms with van der Waals surface area (Å²) < 4.78 is 0. The number of carboxylic acids is 1. The predicted molar refractivity (Wildman–Crippen MR) is 109 cm³/mol. The molecule has 1 fully saturated rings. The number of halogens is 1. The highest BCUT2D eigenvalue weighted by atomic mass is 79.9. The van der Waals surface area contributed by atoms with Gasteiger partial charge in [0.05, 0.1) is 12.2 Å². The fourth-order valence-corrected chi connectivity index (χ4v) is 4.49. The van der Waals surface area contributed by atoms with Crippen LogP contribution in [0.2, 0.25) is 0 Å². The quantitative estimate of drug-likeness (QED) is 0.238. The molecule has 150 valence electrons. The molecule has 6 atom stereocenters. The molecule has 0 heterocycles. The van der Waals surface area contributed by atoms with Gasteiger partial charge in [-0.2, -0.15) is 0 Å². The molecule has 0 bridgehead atoms. The van der Waals surface area contributed by atoms with Crippen LogP contribution in [0.1, 0.15) is 65.2 Å². The van der Waals surface area contributed by atoms with Gasteiger partial charge < -0.3 is 15.3 Å². The second kappa shape index (κ2) is 12.7. The van der Waals surface area contributed by atoms with Crippen molar-refractivity contribution in [3.8, 4) is 0 Å². The van der Waals surface area contributed by atoms with Gasteiger partial charge in [0.1, 0.15) is 0 Å². The van der Waals surface area contributed by atoms with Crippen LogP contribution in [0.3, 0.4) is 0 Å². The van der Waals surface area contributed by atoms with Gasteiger partial charge in [0.2, 0.25) is 0 Å². The van der Waals surface area contributed by atoms with Gasteiger partial charge in [-0.05, 0) is 43.9 Å². The predicted octanol–water partition coefficient (Wildman–Crippen LogP) is 4.69. The van der Waals surface area contributed by atoms with E-state index in [9.17, 15) is 15.0 Å². The van der Waals surface area contributed by atoms with Crippen LogP contribution in [0, 0.1) is 17.8 Å². The molecule has 1 unspecified atom stereocenters. The highest BCUT2D eigenvalue weighted by molar-refractivity contribution is 9.09. The molecular weight excluding hydrogens is 396 g/mol. The van der Waals surface area contributed by atoms with E-state index < -0.39 is 12.1 Å². The first kappa shape index (κ1) is 23.4. The molecule has 0 radical (unpaired) electrons. The lowest BCUT2D eigenvalue weighted by atomic mass is 9.89. The Morgan fingerprint density at radius 1 is 1.31 bits per heavy atom. The molecule has 0 aromatic carbocycles. The number of aliphatic hydroxyl groups is 2. The first-order valence-corrected chi connectivity index (χ1v) is 10.8. The molecule has 0 aromatic heterocycles. The van der Waals surface area contributed by atoms with E-state index in [1.165, 1.54) is 0 Å². The maximum atomic E-state index is 10.5.